The third kappa shape index (κ3) is 3.60. The molecule has 1 nitrogen and oxygen atoms in total. The highest BCUT2D eigenvalue weighted by Gasteiger charge is 2.21. The summed E-state index contributed by atoms with van der Waals surface area (Å²) in [6.45, 7) is 8.70. The topological polar surface area (TPSA) is 9.23 Å². The van der Waals surface area contributed by atoms with Crippen LogP contribution >= 0.6 is 0 Å². The van der Waals surface area contributed by atoms with E-state index >= 15 is 0 Å². The standard InChI is InChI=1S/C18H22O/c1-14(18(2,3)4)19-17-12-8-11-16(13-17)15-9-6-5-7-10-15/h5-14H,1-4H3. The highest BCUT2D eigenvalue weighted by molar-refractivity contribution is 5.64. The average Bonchev–Trinajstić information content (AvgIpc) is 2.39. The first-order chi connectivity index (χ1) is 8.97. The maximum Gasteiger partial charge on any atom is 0.120 e. The molecule has 0 aliphatic carbocycles. The lowest BCUT2D eigenvalue weighted by molar-refractivity contribution is 0.104. The van der Waals surface area contributed by atoms with Gasteiger partial charge in [-0.1, -0.05) is 63.2 Å². The van der Waals surface area contributed by atoms with Gasteiger partial charge < -0.3 is 4.74 Å². The van der Waals surface area contributed by atoms with Crippen LogP contribution < -0.4 is 4.74 Å². The van der Waals surface area contributed by atoms with Crippen molar-refractivity contribution >= 4 is 0 Å². The van der Waals surface area contributed by atoms with E-state index in [1.807, 2.05) is 18.2 Å². The molecule has 1 atom stereocenters. The van der Waals surface area contributed by atoms with Gasteiger partial charge >= 0.3 is 0 Å². The number of rotatable bonds is 3. The smallest absolute Gasteiger partial charge is 0.120 e. The molecule has 100 valence electrons. The van der Waals surface area contributed by atoms with Crippen LogP contribution in [0.4, 0.5) is 0 Å². The van der Waals surface area contributed by atoms with Gasteiger partial charge in [0.2, 0.25) is 0 Å². The Hall–Kier alpha value is -1.76. The second-order valence-electron chi connectivity index (χ2n) is 6.02. The summed E-state index contributed by atoms with van der Waals surface area (Å²) in [5.41, 5.74) is 2.55. The van der Waals surface area contributed by atoms with Gasteiger partial charge in [0, 0.05) is 0 Å². The van der Waals surface area contributed by atoms with Crippen molar-refractivity contribution < 1.29 is 4.74 Å². The third-order valence-corrected chi connectivity index (χ3v) is 3.47. The Morgan fingerprint density at radius 3 is 2.11 bits per heavy atom. The van der Waals surface area contributed by atoms with Crippen molar-refractivity contribution in [3.05, 3.63) is 54.6 Å². The summed E-state index contributed by atoms with van der Waals surface area (Å²) in [7, 11) is 0. The molecule has 0 bridgehead atoms. The lowest BCUT2D eigenvalue weighted by Crippen LogP contribution is -2.28. The van der Waals surface area contributed by atoms with Gasteiger partial charge in [-0.05, 0) is 35.6 Å². The first kappa shape index (κ1) is 13.7. The summed E-state index contributed by atoms with van der Waals surface area (Å²) in [6, 6.07) is 18.7. The van der Waals surface area contributed by atoms with Crippen molar-refractivity contribution in [2.24, 2.45) is 5.41 Å². The Morgan fingerprint density at radius 2 is 1.47 bits per heavy atom. The summed E-state index contributed by atoms with van der Waals surface area (Å²) < 4.78 is 6.04. The molecular formula is C18H22O. The van der Waals surface area contributed by atoms with E-state index < -0.39 is 0 Å². The molecule has 0 aliphatic rings. The van der Waals surface area contributed by atoms with Gasteiger partial charge in [-0.2, -0.15) is 0 Å². The molecule has 0 aromatic heterocycles. The molecule has 0 fully saturated rings. The predicted molar refractivity (Wildman–Crippen MR) is 81.4 cm³/mol. The first-order valence-corrected chi connectivity index (χ1v) is 6.79. The van der Waals surface area contributed by atoms with Gasteiger partial charge in [-0.25, -0.2) is 0 Å². The summed E-state index contributed by atoms with van der Waals surface area (Å²) in [6.07, 6.45) is 0.179. The van der Waals surface area contributed by atoms with Gasteiger partial charge in [-0.15, -0.1) is 0 Å². The molecular weight excluding hydrogens is 232 g/mol. The van der Waals surface area contributed by atoms with Gasteiger partial charge in [0.25, 0.3) is 0 Å². The van der Waals surface area contributed by atoms with E-state index in [0.717, 1.165) is 5.75 Å². The molecule has 0 amide bonds. The van der Waals surface area contributed by atoms with Crippen LogP contribution in [0, 0.1) is 5.41 Å². The number of hydrogen-bond acceptors (Lipinski definition) is 1. The first-order valence-electron chi connectivity index (χ1n) is 6.79. The van der Waals surface area contributed by atoms with Crippen LogP contribution in [0.1, 0.15) is 27.7 Å². The molecule has 0 heterocycles. The van der Waals surface area contributed by atoms with Crippen molar-refractivity contribution in [2.45, 2.75) is 33.8 Å². The van der Waals surface area contributed by atoms with E-state index in [2.05, 4.69) is 64.1 Å². The van der Waals surface area contributed by atoms with Crippen LogP contribution in [-0.2, 0) is 0 Å². The van der Waals surface area contributed by atoms with E-state index in [1.54, 1.807) is 0 Å². The Kier molecular flexibility index (Phi) is 3.94. The Morgan fingerprint density at radius 1 is 0.842 bits per heavy atom. The van der Waals surface area contributed by atoms with E-state index in [9.17, 15) is 0 Å². The maximum atomic E-state index is 6.04. The second kappa shape index (κ2) is 5.48. The summed E-state index contributed by atoms with van der Waals surface area (Å²) >= 11 is 0. The number of ether oxygens (including phenoxy) is 1. The summed E-state index contributed by atoms with van der Waals surface area (Å²) in [5, 5.41) is 0. The molecule has 1 heteroatoms. The lowest BCUT2D eigenvalue weighted by atomic mass is 9.90. The Labute approximate surface area is 116 Å². The maximum absolute atomic E-state index is 6.04. The molecule has 0 radical (unpaired) electrons. The molecule has 2 aromatic rings. The van der Waals surface area contributed by atoms with E-state index in [-0.39, 0.29) is 11.5 Å². The van der Waals surface area contributed by atoms with Crippen molar-refractivity contribution in [3.63, 3.8) is 0 Å². The van der Waals surface area contributed by atoms with Crippen LogP contribution in [0.2, 0.25) is 0 Å². The van der Waals surface area contributed by atoms with E-state index in [4.69, 9.17) is 4.74 Å². The minimum atomic E-state index is 0.142. The van der Waals surface area contributed by atoms with Crippen LogP contribution in [0.5, 0.6) is 5.75 Å². The van der Waals surface area contributed by atoms with Gasteiger partial charge in [-0.3, -0.25) is 0 Å². The predicted octanol–water partition coefficient (Wildman–Crippen LogP) is 5.17. The van der Waals surface area contributed by atoms with Crippen LogP contribution in [0.3, 0.4) is 0 Å². The van der Waals surface area contributed by atoms with Crippen molar-refractivity contribution in [3.8, 4) is 16.9 Å². The van der Waals surface area contributed by atoms with Gasteiger partial charge in [0.15, 0.2) is 0 Å². The zero-order chi connectivity index (χ0) is 13.9. The fourth-order valence-corrected chi connectivity index (χ4v) is 1.76. The molecule has 0 spiro atoms. The van der Waals surface area contributed by atoms with Crippen molar-refractivity contribution in [1.29, 1.82) is 0 Å². The van der Waals surface area contributed by atoms with Gasteiger partial charge in [0.05, 0.1) is 0 Å². The monoisotopic (exact) mass is 254 g/mol. The van der Waals surface area contributed by atoms with Gasteiger partial charge in [0.1, 0.15) is 11.9 Å². The average molecular weight is 254 g/mol. The summed E-state index contributed by atoms with van der Waals surface area (Å²) in [4.78, 5) is 0. The molecule has 2 rings (SSSR count). The zero-order valence-corrected chi connectivity index (χ0v) is 12.2. The fourth-order valence-electron chi connectivity index (χ4n) is 1.76. The molecule has 1 unspecified atom stereocenters. The third-order valence-electron chi connectivity index (χ3n) is 3.47. The minimum absolute atomic E-state index is 0.142. The normalized spacial score (nSPS) is 13.1. The molecule has 0 saturated carbocycles. The zero-order valence-electron chi connectivity index (χ0n) is 12.2. The van der Waals surface area contributed by atoms with Crippen molar-refractivity contribution in [1.82, 2.24) is 0 Å². The molecule has 0 saturated heterocycles. The van der Waals surface area contributed by atoms with Crippen LogP contribution in [0.25, 0.3) is 11.1 Å². The Bertz CT molecular complexity index is 523. The molecule has 2 aromatic carbocycles. The quantitative estimate of drug-likeness (QED) is 0.734. The highest BCUT2D eigenvalue weighted by Crippen LogP contribution is 2.28. The number of hydrogen-bond donors (Lipinski definition) is 0. The Balaban J connectivity index is 2.21. The highest BCUT2D eigenvalue weighted by atomic mass is 16.5. The SMILES string of the molecule is CC(Oc1cccc(-c2ccccc2)c1)C(C)(C)C. The largest absolute Gasteiger partial charge is 0.490 e. The van der Waals surface area contributed by atoms with E-state index in [1.165, 1.54) is 11.1 Å². The van der Waals surface area contributed by atoms with Crippen molar-refractivity contribution in [2.75, 3.05) is 0 Å². The van der Waals surface area contributed by atoms with E-state index in [0.29, 0.717) is 0 Å². The lowest BCUT2D eigenvalue weighted by Gasteiger charge is -2.28. The van der Waals surface area contributed by atoms with Crippen LogP contribution in [0.15, 0.2) is 54.6 Å². The fraction of sp³-hybridized carbons (Fsp3) is 0.333. The minimum Gasteiger partial charge on any atom is -0.490 e. The summed E-state index contributed by atoms with van der Waals surface area (Å²) in [5.74, 6) is 0.934. The molecule has 0 aliphatic heterocycles. The molecule has 19 heavy (non-hydrogen) atoms. The number of benzene rings is 2. The van der Waals surface area contributed by atoms with Crippen LogP contribution in [-0.4, -0.2) is 6.10 Å². The molecule has 0 N–H and O–H groups in total. The second-order valence-corrected chi connectivity index (χ2v) is 6.02.